The average molecular weight is 210 g/mol. The van der Waals surface area contributed by atoms with Crippen LogP contribution in [0.4, 0.5) is 0 Å². The summed E-state index contributed by atoms with van der Waals surface area (Å²) in [4.78, 5) is 0. The number of nitrogens with zero attached hydrogens (tertiary/aromatic N) is 2. The zero-order valence-electron chi connectivity index (χ0n) is 9.51. The first kappa shape index (κ1) is 10.5. The van der Waals surface area contributed by atoms with Crippen LogP contribution in [-0.2, 0) is 0 Å². The van der Waals surface area contributed by atoms with E-state index in [9.17, 15) is 0 Å². The lowest BCUT2D eigenvalue weighted by atomic mass is 10.0. The molecule has 1 aromatic carbocycles. The van der Waals surface area contributed by atoms with Crippen LogP contribution in [0.5, 0.6) is 0 Å². The first-order chi connectivity index (χ1) is 7.72. The first-order valence-corrected chi connectivity index (χ1v) is 5.32. The molecule has 2 nitrogen and oxygen atoms in total. The highest BCUT2D eigenvalue weighted by molar-refractivity contribution is 5.69. The minimum Gasteiger partial charge on any atom is -0.270 e. The Balaban J connectivity index is 2.47. The molecule has 0 saturated heterocycles. The minimum atomic E-state index is 0.367. The lowest BCUT2D eigenvalue weighted by Gasteiger charge is -2.04. The molecule has 2 aromatic rings. The Bertz CT molecular complexity index is 530. The Labute approximate surface area is 95.9 Å². The Morgan fingerprint density at radius 2 is 2.06 bits per heavy atom. The summed E-state index contributed by atoms with van der Waals surface area (Å²) < 4.78 is 1.93. The van der Waals surface area contributed by atoms with Crippen LogP contribution in [0.2, 0.25) is 0 Å². The predicted molar refractivity (Wildman–Crippen MR) is 66.0 cm³/mol. The van der Waals surface area contributed by atoms with E-state index in [0.29, 0.717) is 6.04 Å². The third-order valence-corrected chi connectivity index (χ3v) is 2.52. The summed E-state index contributed by atoms with van der Waals surface area (Å²) in [7, 11) is 0. The van der Waals surface area contributed by atoms with E-state index in [1.165, 1.54) is 0 Å². The van der Waals surface area contributed by atoms with Gasteiger partial charge < -0.3 is 0 Å². The molecule has 16 heavy (non-hydrogen) atoms. The highest BCUT2D eigenvalue weighted by Crippen LogP contribution is 2.23. The number of hydrogen-bond acceptors (Lipinski definition) is 1. The minimum absolute atomic E-state index is 0.367. The summed E-state index contributed by atoms with van der Waals surface area (Å²) in [6.07, 6.45) is 9.36. The van der Waals surface area contributed by atoms with Crippen molar-refractivity contribution in [2.45, 2.75) is 19.9 Å². The lowest BCUT2D eigenvalue weighted by molar-refractivity contribution is 0.532. The molecule has 0 aliphatic heterocycles. The summed E-state index contributed by atoms with van der Waals surface area (Å²) >= 11 is 0. The second-order valence-corrected chi connectivity index (χ2v) is 3.99. The van der Waals surface area contributed by atoms with E-state index in [1.807, 2.05) is 41.3 Å². The van der Waals surface area contributed by atoms with Crippen LogP contribution in [0.15, 0.2) is 36.7 Å². The first-order valence-electron chi connectivity index (χ1n) is 5.32. The maximum atomic E-state index is 5.48. The van der Waals surface area contributed by atoms with Crippen LogP contribution in [0.3, 0.4) is 0 Å². The number of rotatable bonds is 2. The fourth-order valence-electron chi connectivity index (χ4n) is 1.62. The average Bonchev–Trinajstić information content (AvgIpc) is 2.78. The van der Waals surface area contributed by atoms with E-state index in [4.69, 9.17) is 6.42 Å². The Morgan fingerprint density at radius 1 is 1.31 bits per heavy atom. The van der Waals surface area contributed by atoms with Gasteiger partial charge in [-0.2, -0.15) is 5.10 Å². The maximum Gasteiger partial charge on any atom is 0.0568 e. The molecule has 0 N–H and O–H groups in total. The third-order valence-electron chi connectivity index (χ3n) is 2.52. The van der Waals surface area contributed by atoms with Crippen molar-refractivity contribution in [3.8, 4) is 23.5 Å². The van der Waals surface area contributed by atoms with Gasteiger partial charge in [0.15, 0.2) is 0 Å². The summed E-state index contributed by atoms with van der Waals surface area (Å²) in [6, 6.07) is 8.28. The van der Waals surface area contributed by atoms with Gasteiger partial charge in [0.1, 0.15) is 0 Å². The van der Waals surface area contributed by atoms with Gasteiger partial charge >= 0.3 is 0 Å². The molecule has 2 rings (SSSR count). The molecule has 0 atom stereocenters. The number of aromatic nitrogens is 2. The van der Waals surface area contributed by atoms with Gasteiger partial charge in [0, 0.05) is 28.9 Å². The van der Waals surface area contributed by atoms with Crippen molar-refractivity contribution in [1.29, 1.82) is 0 Å². The van der Waals surface area contributed by atoms with Crippen molar-refractivity contribution < 1.29 is 0 Å². The molecular weight excluding hydrogens is 196 g/mol. The fourth-order valence-corrected chi connectivity index (χ4v) is 1.62. The Kier molecular flexibility index (Phi) is 2.78. The largest absolute Gasteiger partial charge is 0.270 e. The van der Waals surface area contributed by atoms with Crippen molar-refractivity contribution in [1.82, 2.24) is 9.78 Å². The van der Waals surface area contributed by atoms with E-state index >= 15 is 0 Å². The monoisotopic (exact) mass is 210 g/mol. The van der Waals surface area contributed by atoms with Crippen molar-refractivity contribution in [3.63, 3.8) is 0 Å². The summed E-state index contributed by atoms with van der Waals surface area (Å²) in [5.41, 5.74) is 3.05. The molecule has 0 aliphatic carbocycles. The van der Waals surface area contributed by atoms with E-state index in [0.717, 1.165) is 16.7 Å². The van der Waals surface area contributed by atoms with Gasteiger partial charge in [0.05, 0.1) is 6.20 Å². The van der Waals surface area contributed by atoms with Gasteiger partial charge in [-0.3, -0.25) is 4.68 Å². The van der Waals surface area contributed by atoms with Gasteiger partial charge in [-0.05, 0) is 19.9 Å². The van der Waals surface area contributed by atoms with Crippen LogP contribution in [0, 0.1) is 12.3 Å². The highest BCUT2D eigenvalue weighted by Gasteiger charge is 2.06. The van der Waals surface area contributed by atoms with Crippen molar-refractivity contribution in [2.75, 3.05) is 0 Å². The summed E-state index contributed by atoms with van der Waals surface area (Å²) in [6.45, 7) is 4.20. The molecule has 0 radical (unpaired) electrons. The van der Waals surface area contributed by atoms with E-state index in [1.54, 1.807) is 0 Å². The van der Waals surface area contributed by atoms with E-state index in [2.05, 4.69) is 24.9 Å². The van der Waals surface area contributed by atoms with Gasteiger partial charge in [-0.25, -0.2) is 0 Å². The van der Waals surface area contributed by atoms with Crippen LogP contribution >= 0.6 is 0 Å². The van der Waals surface area contributed by atoms with E-state index in [-0.39, 0.29) is 0 Å². The van der Waals surface area contributed by atoms with Crippen LogP contribution in [-0.4, -0.2) is 9.78 Å². The molecule has 80 valence electrons. The Hall–Kier alpha value is -2.01. The van der Waals surface area contributed by atoms with Crippen molar-refractivity contribution in [2.24, 2.45) is 0 Å². The summed E-state index contributed by atoms with van der Waals surface area (Å²) in [5.74, 6) is 2.70. The smallest absolute Gasteiger partial charge is 0.0568 e. The topological polar surface area (TPSA) is 17.8 Å². The van der Waals surface area contributed by atoms with Gasteiger partial charge in [-0.15, -0.1) is 6.42 Å². The quantitative estimate of drug-likeness (QED) is 0.696. The fraction of sp³-hybridized carbons (Fsp3) is 0.214. The SMILES string of the molecule is C#Cc1ccccc1-c1cnn(C(C)C)c1. The highest BCUT2D eigenvalue weighted by atomic mass is 15.3. The van der Waals surface area contributed by atoms with Crippen LogP contribution in [0.1, 0.15) is 25.5 Å². The molecular formula is C14H14N2. The molecule has 0 bridgehead atoms. The number of hydrogen-bond donors (Lipinski definition) is 0. The van der Waals surface area contributed by atoms with Gasteiger partial charge in [-0.1, -0.05) is 24.1 Å². The molecule has 1 aromatic heterocycles. The molecule has 1 heterocycles. The predicted octanol–water partition coefficient (Wildman–Crippen LogP) is 3.11. The van der Waals surface area contributed by atoms with Gasteiger partial charge in [0.25, 0.3) is 0 Å². The molecule has 0 amide bonds. The molecule has 2 heteroatoms. The number of terminal acetylenes is 1. The van der Waals surface area contributed by atoms with Gasteiger partial charge in [0.2, 0.25) is 0 Å². The molecule has 0 aliphatic rings. The third kappa shape index (κ3) is 1.85. The second kappa shape index (κ2) is 4.24. The molecule has 0 spiro atoms. The normalized spacial score (nSPS) is 10.4. The molecule has 0 unspecified atom stereocenters. The second-order valence-electron chi connectivity index (χ2n) is 3.99. The molecule has 0 saturated carbocycles. The summed E-state index contributed by atoms with van der Waals surface area (Å²) in [5, 5.41) is 4.32. The maximum absolute atomic E-state index is 5.48. The lowest BCUT2D eigenvalue weighted by Crippen LogP contribution is -1.99. The van der Waals surface area contributed by atoms with Crippen molar-refractivity contribution in [3.05, 3.63) is 42.2 Å². The van der Waals surface area contributed by atoms with Crippen molar-refractivity contribution >= 4 is 0 Å². The Morgan fingerprint density at radius 3 is 2.69 bits per heavy atom. The zero-order chi connectivity index (χ0) is 11.5. The number of benzene rings is 1. The van der Waals surface area contributed by atoms with Crippen LogP contribution in [0.25, 0.3) is 11.1 Å². The van der Waals surface area contributed by atoms with Crippen LogP contribution < -0.4 is 0 Å². The molecule has 0 fully saturated rings. The zero-order valence-corrected chi connectivity index (χ0v) is 9.51. The standard InChI is InChI=1S/C14H14N2/c1-4-12-7-5-6-8-14(12)13-9-15-16(10-13)11(2)3/h1,5-11H,2-3H3. The van der Waals surface area contributed by atoms with E-state index < -0.39 is 0 Å².